The molecule has 2 nitrogen and oxygen atoms in total. The fraction of sp³-hybridized carbons (Fsp3) is 0.333. The van der Waals surface area contributed by atoms with E-state index < -0.39 is 0 Å². The van der Waals surface area contributed by atoms with Crippen LogP contribution in [-0.2, 0) is 11.2 Å². The van der Waals surface area contributed by atoms with Gasteiger partial charge in [0.1, 0.15) is 0 Å². The Bertz CT molecular complexity index is 630. The number of anilines is 1. The fourth-order valence-electron chi connectivity index (χ4n) is 2.98. The lowest BCUT2D eigenvalue weighted by molar-refractivity contribution is 0.0513. The van der Waals surface area contributed by atoms with Gasteiger partial charge in [-0.25, -0.2) is 0 Å². The molecule has 3 heteroatoms. The SMILES string of the molecule is Cc1cc(C)c(NCC2OCCc3ccccc32)c(Br)c1. The van der Waals surface area contributed by atoms with Gasteiger partial charge in [-0.1, -0.05) is 30.3 Å². The minimum atomic E-state index is 0.127. The summed E-state index contributed by atoms with van der Waals surface area (Å²) in [6, 6.07) is 12.9. The average Bonchev–Trinajstić information content (AvgIpc) is 2.46. The summed E-state index contributed by atoms with van der Waals surface area (Å²) < 4.78 is 7.07. The molecule has 1 aliphatic heterocycles. The second-order valence-corrected chi connectivity index (χ2v) is 6.48. The van der Waals surface area contributed by atoms with Crippen LogP contribution in [0.15, 0.2) is 40.9 Å². The molecule has 1 N–H and O–H groups in total. The van der Waals surface area contributed by atoms with Gasteiger partial charge < -0.3 is 10.1 Å². The van der Waals surface area contributed by atoms with Crippen LogP contribution in [-0.4, -0.2) is 13.2 Å². The van der Waals surface area contributed by atoms with E-state index >= 15 is 0 Å². The first-order valence-corrected chi connectivity index (χ1v) is 8.14. The zero-order valence-electron chi connectivity index (χ0n) is 12.4. The van der Waals surface area contributed by atoms with Crippen LogP contribution < -0.4 is 5.32 Å². The number of nitrogens with one attached hydrogen (secondary N) is 1. The minimum absolute atomic E-state index is 0.127. The van der Waals surface area contributed by atoms with E-state index in [1.54, 1.807) is 0 Å². The molecule has 1 unspecified atom stereocenters. The Hall–Kier alpha value is -1.32. The molecule has 0 bridgehead atoms. The molecule has 3 rings (SSSR count). The standard InChI is InChI=1S/C18H20BrNO/c1-12-9-13(2)18(16(19)10-12)20-11-17-15-6-4-3-5-14(15)7-8-21-17/h3-6,9-10,17,20H,7-8,11H2,1-2H3. The maximum atomic E-state index is 5.95. The highest BCUT2D eigenvalue weighted by molar-refractivity contribution is 9.10. The average molecular weight is 346 g/mol. The van der Waals surface area contributed by atoms with E-state index in [4.69, 9.17) is 4.74 Å². The van der Waals surface area contributed by atoms with Crippen molar-refractivity contribution in [1.82, 2.24) is 0 Å². The monoisotopic (exact) mass is 345 g/mol. The van der Waals surface area contributed by atoms with Crippen molar-refractivity contribution >= 4 is 21.6 Å². The van der Waals surface area contributed by atoms with Crippen molar-refractivity contribution in [1.29, 1.82) is 0 Å². The molecule has 110 valence electrons. The smallest absolute Gasteiger partial charge is 0.0999 e. The van der Waals surface area contributed by atoms with Crippen LogP contribution in [0.5, 0.6) is 0 Å². The van der Waals surface area contributed by atoms with Crippen LogP contribution in [0.25, 0.3) is 0 Å². The second kappa shape index (κ2) is 6.20. The summed E-state index contributed by atoms with van der Waals surface area (Å²) in [5, 5.41) is 3.55. The zero-order chi connectivity index (χ0) is 14.8. The zero-order valence-corrected chi connectivity index (χ0v) is 14.0. The van der Waals surface area contributed by atoms with Gasteiger partial charge in [-0.05, 0) is 64.5 Å². The largest absolute Gasteiger partial charge is 0.381 e. The molecule has 1 atom stereocenters. The molecule has 1 aliphatic rings. The van der Waals surface area contributed by atoms with E-state index in [1.165, 1.54) is 22.3 Å². The second-order valence-electron chi connectivity index (χ2n) is 5.63. The lowest BCUT2D eigenvalue weighted by Gasteiger charge is -2.27. The quantitative estimate of drug-likeness (QED) is 0.863. The lowest BCUT2D eigenvalue weighted by Crippen LogP contribution is -2.23. The van der Waals surface area contributed by atoms with Crippen molar-refractivity contribution in [2.24, 2.45) is 0 Å². The van der Waals surface area contributed by atoms with E-state index in [0.29, 0.717) is 0 Å². The molecule has 0 saturated heterocycles. The van der Waals surface area contributed by atoms with Gasteiger partial charge in [0.2, 0.25) is 0 Å². The van der Waals surface area contributed by atoms with Crippen LogP contribution in [0.1, 0.15) is 28.4 Å². The van der Waals surface area contributed by atoms with E-state index in [2.05, 4.69) is 71.5 Å². The van der Waals surface area contributed by atoms with E-state index in [1.807, 2.05) is 0 Å². The summed E-state index contributed by atoms with van der Waals surface area (Å²) in [6.07, 6.45) is 1.14. The molecule has 0 amide bonds. The maximum absolute atomic E-state index is 5.95. The maximum Gasteiger partial charge on any atom is 0.0999 e. The number of fused-ring (bicyclic) bond motifs is 1. The van der Waals surface area contributed by atoms with Crippen LogP contribution in [0, 0.1) is 13.8 Å². The Balaban J connectivity index is 1.78. The summed E-state index contributed by atoms with van der Waals surface area (Å²) in [7, 11) is 0. The van der Waals surface area contributed by atoms with Gasteiger partial charge >= 0.3 is 0 Å². The molecule has 0 radical (unpaired) electrons. The van der Waals surface area contributed by atoms with Crippen molar-refractivity contribution in [3.8, 4) is 0 Å². The molecular formula is C18H20BrNO. The summed E-state index contributed by atoms with van der Waals surface area (Å²) in [5.41, 5.74) is 6.41. The molecule has 0 aliphatic carbocycles. The molecule has 1 heterocycles. The van der Waals surface area contributed by atoms with Gasteiger partial charge in [0, 0.05) is 11.0 Å². The molecule has 21 heavy (non-hydrogen) atoms. The summed E-state index contributed by atoms with van der Waals surface area (Å²) in [5.74, 6) is 0. The van der Waals surface area contributed by atoms with Crippen LogP contribution in [0.3, 0.4) is 0 Å². The molecular weight excluding hydrogens is 326 g/mol. The number of aryl methyl sites for hydroxylation is 2. The lowest BCUT2D eigenvalue weighted by atomic mass is 9.97. The Morgan fingerprint density at radius 1 is 1.24 bits per heavy atom. The predicted octanol–water partition coefficient (Wildman–Crippen LogP) is 4.79. The topological polar surface area (TPSA) is 21.3 Å². The predicted molar refractivity (Wildman–Crippen MR) is 90.9 cm³/mol. The Labute approximate surface area is 134 Å². The fourth-order valence-corrected chi connectivity index (χ4v) is 3.79. The van der Waals surface area contributed by atoms with E-state index in [0.717, 1.165) is 29.7 Å². The molecule has 0 spiro atoms. The van der Waals surface area contributed by atoms with E-state index in [9.17, 15) is 0 Å². The Morgan fingerprint density at radius 2 is 2.05 bits per heavy atom. The minimum Gasteiger partial charge on any atom is -0.381 e. The molecule has 2 aromatic carbocycles. The normalized spacial score (nSPS) is 17.4. The first kappa shape index (κ1) is 14.6. The van der Waals surface area contributed by atoms with Crippen LogP contribution >= 0.6 is 15.9 Å². The third-order valence-electron chi connectivity index (χ3n) is 3.99. The van der Waals surface area contributed by atoms with Gasteiger partial charge in [-0.3, -0.25) is 0 Å². The van der Waals surface area contributed by atoms with Gasteiger partial charge in [0.15, 0.2) is 0 Å². The van der Waals surface area contributed by atoms with Gasteiger partial charge in [0.05, 0.1) is 18.4 Å². The first-order valence-electron chi connectivity index (χ1n) is 7.35. The van der Waals surface area contributed by atoms with Crippen LogP contribution in [0.4, 0.5) is 5.69 Å². The Kier molecular flexibility index (Phi) is 4.32. The van der Waals surface area contributed by atoms with Crippen molar-refractivity contribution < 1.29 is 4.74 Å². The number of hydrogen-bond donors (Lipinski definition) is 1. The van der Waals surface area contributed by atoms with Crippen LogP contribution in [0.2, 0.25) is 0 Å². The third kappa shape index (κ3) is 3.14. The number of ether oxygens (including phenoxy) is 1. The highest BCUT2D eigenvalue weighted by atomic mass is 79.9. The van der Waals surface area contributed by atoms with Crippen molar-refractivity contribution in [3.63, 3.8) is 0 Å². The number of halogens is 1. The third-order valence-corrected chi connectivity index (χ3v) is 4.61. The summed E-state index contributed by atoms with van der Waals surface area (Å²) in [4.78, 5) is 0. The van der Waals surface area contributed by atoms with Gasteiger partial charge in [-0.2, -0.15) is 0 Å². The number of benzene rings is 2. The number of hydrogen-bond acceptors (Lipinski definition) is 2. The number of rotatable bonds is 3. The summed E-state index contributed by atoms with van der Waals surface area (Å²) >= 11 is 3.65. The van der Waals surface area contributed by atoms with Crippen molar-refractivity contribution in [2.75, 3.05) is 18.5 Å². The molecule has 0 saturated carbocycles. The van der Waals surface area contributed by atoms with Crippen molar-refractivity contribution in [3.05, 3.63) is 63.1 Å². The molecule has 0 fully saturated rings. The van der Waals surface area contributed by atoms with Gasteiger partial charge in [-0.15, -0.1) is 0 Å². The molecule has 2 aromatic rings. The highest BCUT2D eigenvalue weighted by Crippen LogP contribution is 2.31. The van der Waals surface area contributed by atoms with Gasteiger partial charge in [0.25, 0.3) is 0 Å². The Morgan fingerprint density at radius 3 is 2.86 bits per heavy atom. The summed E-state index contributed by atoms with van der Waals surface area (Å²) in [6.45, 7) is 5.84. The molecule has 0 aromatic heterocycles. The van der Waals surface area contributed by atoms with Crippen molar-refractivity contribution in [2.45, 2.75) is 26.4 Å². The first-order chi connectivity index (χ1) is 10.1. The van der Waals surface area contributed by atoms with E-state index in [-0.39, 0.29) is 6.10 Å². The highest BCUT2D eigenvalue weighted by Gasteiger charge is 2.20.